The summed E-state index contributed by atoms with van der Waals surface area (Å²) in [7, 11) is 2.16. The zero-order chi connectivity index (χ0) is 17.1. The molecule has 1 aliphatic heterocycles. The van der Waals surface area contributed by atoms with Gasteiger partial charge in [-0.3, -0.25) is 9.69 Å². The molecule has 1 aliphatic rings. The van der Waals surface area contributed by atoms with E-state index in [0.717, 1.165) is 44.0 Å². The molecule has 0 bridgehead atoms. The lowest BCUT2D eigenvalue weighted by Gasteiger charge is -2.30. The maximum atomic E-state index is 4.70. The van der Waals surface area contributed by atoms with Crippen LogP contribution < -0.4 is 0 Å². The van der Waals surface area contributed by atoms with Gasteiger partial charge in [0.2, 0.25) is 0 Å². The van der Waals surface area contributed by atoms with Crippen LogP contribution in [0.15, 0.2) is 29.4 Å². The predicted molar refractivity (Wildman–Crippen MR) is 98.6 cm³/mol. The summed E-state index contributed by atoms with van der Waals surface area (Å²) in [5.74, 6) is 0. The Balaban J connectivity index is 1.73. The normalized spacial score (nSPS) is 16.2. The van der Waals surface area contributed by atoms with Crippen molar-refractivity contribution in [3.63, 3.8) is 0 Å². The average molecular weight is 325 g/mol. The van der Waals surface area contributed by atoms with Crippen LogP contribution in [0.2, 0.25) is 0 Å². The van der Waals surface area contributed by atoms with Gasteiger partial charge in [0.1, 0.15) is 0 Å². The Morgan fingerprint density at radius 2 is 1.71 bits per heavy atom. The molecule has 5 heteroatoms. The smallest absolute Gasteiger partial charge is 0.0685 e. The summed E-state index contributed by atoms with van der Waals surface area (Å²) in [5.41, 5.74) is 5.91. The van der Waals surface area contributed by atoms with Crippen molar-refractivity contribution in [1.82, 2.24) is 19.7 Å². The van der Waals surface area contributed by atoms with Crippen LogP contribution in [0, 0.1) is 20.8 Å². The summed E-state index contributed by atoms with van der Waals surface area (Å²) in [4.78, 5) is 2.34. The Kier molecular flexibility index (Phi) is 5.00. The Bertz CT molecular complexity index is 706. The topological polar surface area (TPSA) is 36.7 Å². The van der Waals surface area contributed by atoms with E-state index in [-0.39, 0.29) is 0 Å². The third-order valence-electron chi connectivity index (χ3n) is 4.72. The predicted octanol–water partition coefficient (Wildman–Crippen LogP) is 2.44. The molecule has 3 rings (SSSR count). The van der Waals surface area contributed by atoms with Gasteiger partial charge >= 0.3 is 0 Å². The van der Waals surface area contributed by atoms with Gasteiger partial charge in [0.15, 0.2) is 0 Å². The first-order valence-corrected chi connectivity index (χ1v) is 8.60. The van der Waals surface area contributed by atoms with Crippen LogP contribution in [0.4, 0.5) is 0 Å². The summed E-state index contributed by atoms with van der Waals surface area (Å²) in [5, 5.41) is 11.5. The summed E-state index contributed by atoms with van der Waals surface area (Å²) < 4.78 is 2.07. The molecule has 0 atom stereocenters. The molecule has 0 unspecified atom stereocenters. The molecule has 0 N–H and O–H groups in total. The van der Waals surface area contributed by atoms with E-state index in [2.05, 4.69) is 71.8 Å². The van der Waals surface area contributed by atoms with Gasteiger partial charge in [0.05, 0.1) is 18.5 Å². The first kappa shape index (κ1) is 16.7. The largest absolute Gasteiger partial charge is 0.303 e. The van der Waals surface area contributed by atoms with Gasteiger partial charge in [-0.25, -0.2) is 0 Å². The molecule has 1 saturated heterocycles. The molecule has 5 nitrogen and oxygen atoms in total. The van der Waals surface area contributed by atoms with Crippen LogP contribution in [0.1, 0.15) is 28.1 Å². The number of aryl methyl sites for hydroxylation is 2. The second kappa shape index (κ2) is 7.18. The number of nitrogens with zero attached hydrogens (tertiary/aromatic N) is 5. The number of rotatable bonds is 4. The fourth-order valence-corrected chi connectivity index (χ4v) is 2.97. The summed E-state index contributed by atoms with van der Waals surface area (Å²) >= 11 is 0. The zero-order valence-corrected chi connectivity index (χ0v) is 15.2. The number of aromatic nitrogens is 2. The van der Waals surface area contributed by atoms with Crippen molar-refractivity contribution in [2.75, 3.05) is 33.2 Å². The highest BCUT2D eigenvalue weighted by Crippen LogP contribution is 2.14. The minimum Gasteiger partial charge on any atom is -0.303 e. The minimum absolute atomic E-state index is 0.801. The van der Waals surface area contributed by atoms with Crippen molar-refractivity contribution >= 4 is 6.21 Å². The third kappa shape index (κ3) is 3.85. The number of benzene rings is 1. The molecule has 2 heterocycles. The lowest BCUT2D eigenvalue weighted by molar-refractivity contribution is 0.159. The Morgan fingerprint density at radius 3 is 2.38 bits per heavy atom. The maximum Gasteiger partial charge on any atom is 0.0685 e. The van der Waals surface area contributed by atoms with Crippen LogP contribution in [-0.4, -0.2) is 59.1 Å². The van der Waals surface area contributed by atoms with Crippen molar-refractivity contribution in [3.05, 3.63) is 52.3 Å². The first-order chi connectivity index (χ1) is 11.5. The van der Waals surface area contributed by atoms with E-state index in [9.17, 15) is 0 Å². The van der Waals surface area contributed by atoms with Gasteiger partial charge in [-0.15, -0.1) is 0 Å². The van der Waals surface area contributed by atoms with Gasteiger partial charge in [-0.05, 0) is 33.4 Å². The minimum atomic E-state index is 0.801. The summed E-state index contributed by atoms with van der Waals surface area (Å²) in [6.07, 6.45) is 1.98. The second-order valence-electron chi connectivity index (χ2n) is 6.73. The molecule has 128 valence electrons. The molecular weight excluding hydrogens is 298 g/mol. The highest BCUT2D eigenvalue weighted by atomic mass is 15.5. The maximum absolute atomic E-state index is 4.70. The van der Waals surface area contributed by atoms with Crippen LogP contribution in [0.25, 0.3) is 0 Å². The van der Waals surface area contributed by atoms with Crippen molar-refractivity contribution < 1.29 is 0 Å². The van der Waals surface area contributed by atoms with Gasteiger partial charge < -0.3 is 4.90 Å². The lowest BCUT2D eigenvalue weighted by atomic mass is 10.1. The average Bonchev–Trinajstić information content (AvgIpc) is 2.83. The van der Waals surface area contributed by atoms with Crippen LogP contribution in [0.5, 0.6) is 0 Å². The van der Waals surface area contributed by atoms with E-state index >= 15 is 0 Å². The Hall–Kier alpha value is -2.14. The number of hydrogen-bond donors (Lipinski definition) is 0. The highest BCUT2D eigenvalue weighted by molar-refractivity contribution is 5.82. The summed E-state index contributed by atoms with van der Waals surface area (Å²) in [6, 6.07) is 8.64. The van der Waals surface area contributed by atoms with Crippen molar-refractivity contribution in [3.8, 4) is 0 Å². The van der Waals surface area contributed by atoms with Gasteiger partial charge in [-0.2, -0.15) is 10.2 Å². The number of piperazine rings is 1. The molecule has 0 radical (unpaired) electrons. The van der Waals surface area contributed by atoms with Gasteiger partial charge in [-0.1, -0.05) is 29.8 Å². The fraction of sp³-hybridized carbons (Fsp3) is 0.474. The number of hydrazone groups is 1. The van der Waals surface area contributed by atoms with Gasteiger partial charge in [0.25, 0.3) is 0 Å². The van der Waals surface area contributed by atoms with E-state index in [1.165, 1.54) is 16.8 Å². The third-order valence-corrected chi connectivity index (χ3v) is 4.72. The fourth-order valence-electron chi connectivity index (χ4n) is 2.97. The highest BCUT2D eigenvalue weighted by Gasteiger charge is 2.13. The molecule has 1 fully saturated rings. The van der Waals surface area contributed by atoms with E-state index in [0.29, 0.717) is 0 Å². The van der Waals surface area contributed by atoms with Crippen LogP contribution >= 0.6 is 0 Å². The van der Waals surface area contributed by atoms with Crippen LogP contribution in [-0.2, 0) is 6.54 Å². The van der Waals surface area contributed by atoms with E-state index in [4.69, 9.17) is 5.10 Å². The first-order valence-electron chi connectivity index (χ1n) is 8.60. The number of likely N-dealkylation sites (N-methyl/N-ethyl adjacent to an activating group) is 1. The molecule has 24 heavy (non-hydrogen) atoms. The van der Waals surface area contributed by atoms with Crippen LogP contribution in [0.3, 0.4) is 0 Å². The molecule has 1 aromatic heterocycles. The number of hydrogen-bond acceptors (Lipinski definition) is 4. The molecule has 0 amide bonds. The van der Waals surface area contributed by atoms with E-state index in [1.807, 2.05) is 6.21 Å². The molecule has 0 spiro atoms. The van der Waals surface area contributed by atoms with Crippen molar-refractivity contribution in [2.45, 2.75) is 27.3 Å². The standard InChI is InChI=1S/C19H27N5/c1-15-5-7-18(8-6-15)14-24-17(3)19(16(2)21-24)13-20-23-11-9-22(4)10-12-23/h5-8,13H,9-12,14H2,1-4H3/b20-13-. The molecular formula is C19H27N5. The molecule has 0 aliphatic carbocycles. The summed E-state index contributed by atoms with van der Waals surface area (Å²) in [6.45, 7) is 11.2. The molecule has 1 aromatic carbocycles. The monoisotopic (exact) mass is 325 g/mol. The van der Waals surface area contributed by atoms with E-state index in [1.54, 1.807) is 0 Å². The second-order valence-corrected chi connectivity index (χ2v) is 6.73. The van der Waals surface area contributed by atoms with E-state index < -0.39 is 0 Å². The van der Waals surface area contributed by atoms with Crippen molar-refractivity contribution in [2.24, 2.45) is 5.10 Å². The van der Waals surface area contributed by atoms with Crippen molar-refractivity contribution in [1.29, 1.82) is 0 Å². The lowest BCUT2D eigenvalue weighted by Crippen LogP contribution is -2.41. The Morgan fingerprint density at radius 1 is 1.04 bits per heavy atom. The quantitative estimate of drug-likeness (QED) is 0.810. The van der Waals surface area contributed by atoms with Gasteiger partial charge in [0, 0.05) is 37.4 Å². The SMILES string of the molecule is Cc1ccc(Cn2nc(C)c(/C=N\N3CCN(C)CC3)c2C)cc1. The zero-order valence-electron chi connectivity index (χ0n) is 15.2. The Labute approximate surface area is 144 Å². The molecule has 2 aromatic rings. The molecule has 0 saturated carbocycles.